The van der Waals surface area contributed by atoms with Gasteiger partial charge in [-0.15, -0.1) is 0 Å². The van der Waals surface area contributed by atoms with E-state index in [-0.39, 0.29) is 11.8 Å². The Labute approximate surface area is 134 Å². The Morgan fingerprint density at radius 3 is 1.14 bits per heavy atom. The van der Waals surface area contributed by atoms with E-state index in [2.05, 4.69) is 0 Å². The van der Waals surface area contributed by atoms with Crippen molar-refractivity contribution in [1.82, 2.24) is 0 Å². The van der Waals surface area contributed by atoms with Crippen molar-refractivity contribution in [3.63, 3.8) is 0 Å². The number of aliphatic hydroxyl groups is 2. The molecule has 1 unspecified atom stereocenters. The highest BCUT2D eigenvalue weighted by Gasteiger charge is 2.36. The molecule has 4 N–H and O–H groups in total. The van der Waals surface area contributed by atoms with Crippen LogP contribution in [0.1, 0.15) is 68.2 Å². The van der Waals surface area contributed by atoms with Crippen molar-refractivity contribution in [3.05, 3.63) is 0 Å². The van der Waals surface area contributed by atoms with E-state index >= 15 is 0 Å². The molecule has 134 valence electrons. The first-order valence-corrected chi connectivity index (χ1v) is 7.50. The summed E-state index contributed by atoms with van der Waals surface area (Å²) in [4.78, 5) is 19.4. The van der Waals surface area contributed by atoms with Gasteiger partial charge < -0.3 is 20.4 Å². The second-order valence-electron chi connectivity index (χ2n) is 6.57. The van der Waals surface area contributed by atoms with Crippen molar-refractivity contribution >= 4 is 11.9 Å². The number of rotatable bonds is 5. The maximum absolute atomic E-state index is 9.70. The third-order valence-electron chi connectivity index (χ3n) is 3.04. The van der Waals surface area contributed by atoms with Gasteiger partial charge in [0.25, 0.3) is 0 Å². The molecule has 0 spiro atoms. The van der Waals surface area contributed by atoms with Gasteiger partial charge >= 0.3 is 11.9 Å². The molecular weight excluding hydrogens is 288 g/mol. The van der Waals surface area contributed by atoms with E-state index in [9.17, 15) is 19.8 Å². The minimum atomic E-state index is -0.997. The summed E-state index contributed by atoms with van der Waals surface area (Å²) in [6.07, 6.45) is 1.52. The van der Waals surface area contributed by atoms with Crippen LogP contribution in [0.2, 0.25) is 0 Å². The van der Waals surface area contributed by atoms with Gasteiger partial charge in [-0.25, -0.2) is 0 Å². The Hall–Kier alpha value is -1.14. The molecule has 0 rings (SSSR count). The molecule has 0 aromatic heterocycles. The van der Waals surface area contributed by atoms with Crippen LogP contribution in [0.4, 0.5) is 0 Å². The second kappa shape index (κ2) is 11.4. The monoisotopic (exact) mass is 322 g/mol. The van der Waals surface area contributed by atoms with Crippen LogP contribution in [-0.4, -0.2) is 43.6 Å². The Bertz CT molecular complexity index is 295. The molecule has 0 aromatic carbocycles. The first-order chi connectivity index (χ1) is 9.60. The lowest BCUT2D eigenvalue weighted by Crippen LogP contribution is -2.47. The lowest BCUT2D eigenvalue weighted by Gasteiger charge is -2.35. The fraction of sp³-hybridized carbons (Fsp3) is 0.875. The maximum atomic E-state index is 9.70. The number of aliphatic carboxylic acids is 2. The molecule has 0 heterocycles. The van der Waals surface area contributed by atoms with Crippen LogP contribution >= 0.6 is 0 Å². The van der Waals surface area contributed by atoms with E-state index < -0.39 is 23.1 Å². The summed E-state index contributed by atoms with van der Waals surface area (Å²) in [5.41, 5.74) is -1.95. The van der Waals surface area contributed by atoms with Crippen LogP contribution in [0.15, 0.2) is 0 Å². The number of carbonyl (C=O) groups is 2. The third kappa shape index (κ3) is 15.3. The van der Waals surface area contributed by atoms with E-state index in [1.54, 1.807) is 48.5 Å². The Balaban J connectivity index is -0.000000261. The molecule has 0 saturated heterocycles. The van der Waals surface area contributed by atoms with Crippen molar-refractivity contribution in [3.8, 4) is 0 Å². The Morgan fingerprint density at radius 1 is 0.864 bits per heavy atom. The number of carboxylic acid groups (broad SMARTS) is 2. The third-order valence-corrected chi connectivity index (χ3v) is 3.04. The van der Waals surface area contributed by atoms with Crippen LogP contribution in [0.25, 0.3) is 0 Å². The first kappa shape index (κ1) is 25.8. The summed E-state index contributed by atoms with van der Waals surface area (Å²) in [5, 5.41) is 35.0. The van der Waals surface area contributed by atoms with E-state index in [0.29, 0.717) is 6.42 Å². The van der Waals surface area contributed by atoms with Gasteiger partial charge in [-0.2, -0.15) is 0 Å². The molecule has 0 bridgehead atoms. The molecule has 0 radical (unpaired) electrons. The molecule has 0 aliphatic carbocycles. The SMILES string of the molecule is CC(C)C(=O)O.CC(C)C(=O)O.CCCC(C)(O)C(C)(C)O. The van der Waals surface area contributed by atoms with Crippen molar-refractivity contribution < 1.29 is 30.0 Å². The zero-order chi connectivity index (χ0) is 18.7. The van der Waals surface area contributed by atoms with Gasteiger partial charge in [-0.1, -0.05) is 41.0 Å². The lowest BCUT2D eigenvalue weighted by molar-refractivity contribution is -0.141. The van der Waals surface area contributed by atoms with Gasteiger partial charge in [0.2, 0.25) is 0 Å². The highest BCUT2D eigenvalue weighted by molar-refractivity contribution is 5.69. The van der Waals surface area contributed by atoms with Gasteiger partial charge in [-0.3, -0.25) is 9.59 Å². The zero-order valence-electron chi connectivity index (χ0n) is 15.2. The number of carboxylic acids is 2. The van der Waals surface area contributed by atoms with Crippen LogP contribution in [-0.2, 0) is 9.59 Å². The van der Waals surface area contributed by atoms with E-state index in [1.807, 2.05) is 6.92 Å². The van der Waals surface area contributed by atoms with Crippen LogP contribution < -0.4 is 0 Å². The summed E-state index contributed by atoms with van der Waals surface area (Å²) in [6, 6.07) is 0. The molecule has 6 heteroatoms. The van der Waals surface area contributed by atoms with Crippen LogP contribution in [0.3, 0.4) is 0 Å². The average Bonchev–Trinajstić information content (AvgIpc) is 2.28. The van der Waals surface area contributed by atoms with Gasteiger partial charge in [0.05, 0.1) is 23.0 Å². The molecular formula is C16H34O6. The van der Waals surface area contributed by atoms with Gasteiger partial charge in [0.1, 0.15) is 0 Å². The predicted molar refractivity (Wildman–Crippen MR) is 86.8 cm³/mol. The van der Waals surface area contributed by atoms with E-state index in [0.717, 1.165) is 6.42 Å². The molecule has 22 heavy (non-hydrogen) atoms. The summed E-state index contributed by atoms with van der Waals surface area (Å²) in [7, 11) is 0. The molecule has 0 saturated carbocycles. The van der Waals surface area contributed by atoms with Crippen LogP contribution in [0, 0.1) is 11.8 Å². The molecule has 0 aliphatic rings. The quantitative estimate of drug-likeness (QED) is 0.618. The maximum Gasteiger partial charge on any atom is 0.305 e. The highest BCUT2D eigenvalue weighted by Crippen LogP contribution is 2.25. The van der Waals surface area contributed by atoms with Gasteiger partial charge in [0.15, 0.2) is 0 Å². The largest absolute Gasteiger partial charge is 0.481 e. The molecule has 0 aromatic rings. The first-order valence-electron chi connectivity index (χ1n) is 7.50. The number of hydrogen-bond acceptors (Lipinski definition) is 4. The van der Waals surface area contributed by atoms with Gasteiger partial charge in [-0.05, 0) is 27.2 Å². The fourth-order valence-corrected chi connectivity index (χ4v) is 0.793. The highest BCUT2D eigenvalue weighted by atomic mass is 16.4. The Kier molecular flexibility index (Phi) is 13.4. The van der Waals surface area contributed by atoms with Crippen molar-refractivity contribution in [2.75, 3.05) is 0 Å². The molecule has 0 fully saturated rings. The minimum Gasteiger partial charge on any atom is -0.481 e. The van der Waals surface area contributed by atoms with Gasteiger partial charge in [0, 0.05) is 0 Å². The van der Waals surface area contributed by atoms with E-state index in [4.69, 9.17) is 10.2 Å². The molecule has 1 atom stereocenters. The average molecular weight is 322 g/mol. The fourth-order valence-electron chi connectivity index (χ4n) is 0.793. The molecule has 6 nitrogen and oxygen atoms in total. The van der Waals surface area contributed by atoms with Crippen molar-refractivity contribution in [1.29, 1.82) is 0 Å². The lowest BCUT2D eigenvalue weighted by atomic mass is 9.84. The zero-order valence-corrected chi connectivity index (χ0v) is 15.2. The topological polar surface area (TPSA) is 115 Å². The molecule has 0 aliphatic heterocycles. The summed E-state index contributed by atoms with van der Waals surface area (Å²) < 4.78 is 0. The van der Waals surface area contributed by atoms with Crippen molar-refractivity contribution in [2.45, 2.75) is 79.4 Å². The second-order valence-corrected chi connectivity index (χ2v) is 6.57. The van der Waals surface area contributed by atoms with Crippen LogP contribution in [0.5, 0.6) is 0 Å². The number of hydrogen-bond donors (Lipinski definition) is 4. The summed E-state index contributed by atoms with van der Waals surface area (Å²) >= 11 is 0. The normalized spacial score (nSPS) is 13.5. The standard InChI is InChI=1S/C8H18O2.2C4H8O2/c1-5-6-8(4,10)7(2,3)9;2*1-3(2)4(5)6/h9-10H,5-6H2,1-4H3;2*3H,1-2H3,(H,5,6). The summed E-state index contributed by atoms with van der Waals surface area (Å²) in [5.74, 6) is -1.94. The van der Waals surface area contributed by atoms with E-state index in [1.165, 1.54) is 0 Å². The Morgan fingerprint density at radius 2 is 1.09 bits per heavy atom. The molecule has 0 amide bonds. The summed E-state index contributed by atoms with van der Waals surface area (Å²) in [6.45, 7) is 13.5. The minimum absolute atomic E-state index is 0.231. The predicted octanol–water partition coefficient (Wildman–Crippen LogP) is 2.76. The smallest absolute Gasteiger partial charge is 0.305 e. The van der Waals surface area contributed by atoms with Crippen molar-refractivity contribution in [2.24, 2.45) is 11.8 Å².